The zero-order valence-electron chi connectivity index (χ0n) is 8.46. The lowest BCUT2D eigenvalue weighted by Gasteiger charge is -1.98. The molecule has 3 rings (SSSR count). The Morgan fingerprint density at radius 2 is 1.87 bits per heavy atom. The predicted molar refractivity (Wildman–Crippen MR) is 59.6 cm³/mol. The molecule has 0 spiro atoms. The van der Waals surface area contributed by atoms with Gasteiger partial charge in [-0.05, 0) is 5.56 Å². The number of imidazole rings is 1. The first-order chi connectivity index (χ1) is 7.36. The standard InChI is InChI=1S/C12H11N3/c1-14-7-8-15-12(14)11(9-13-15)10-5-3-2-4-6-10/h2-9H,1H3. The van der Waals surface area contributed by atoms with Gasteiger partial charge in [-0.2, -0.15) is 5.10 Å². The SMILES string of the molecule is Cn1ccn2ncc(-c3ccccc3)c12. The quantitative estimate of drug-likeness (QED) is 0.587. The van der Waals surface area contributed by atoms with Crippen LogP contribution in [0.2, 0.25) is 0 Å². The maximum atomic E-state index is 4.31. The van der Waals surface area contributed by atoms with E-state index in [0.717, 1.165) is 5.65 Å². The van der Waals surface area contributed by atoms with Crippen molar-refractivity contribution >= 4 is 5.65 Å². The van der Waals surface area contributed by atoms with Crippen molar-refractivity contribution in [1.29, 1.82) is 0 Å². The minimum Gasteiger partial charge on any atom is -0.334 e. The van der Waals surface area contributed by atoms with Crippen LogP contribution in [0.25, 0.3) is 16.8 Å². The molecule has 1 aromatic carbocycles. The van der Waals surface area contributed by atoms with E-state index in [1.807, 2.05) is 48.4 Å². The maximum absolute atomic E-state index is 4.31. The van der Waals surface area contributed by atoms with Crippen molar-refractivity contribution in [3.8, 4) is 11.1 Å². The number of rotatable bonds is 1. The van der Waals surface area contributed by atoms with Crippen LogP contribution in [0.1, 0.15) is 0 Å². The van der Waals surface area contributed by atoms with Crippen LogP contribution in [-0.4, -0.2) is 14.2 Å². The Bertz CT molecular complexity index is 590. The number of fused-ring (bicyclic) bond motifs is 1. The molecule has 3 heteroatoms. The molecule has 0 atom stereocenters. The van der Waals surface area contributed by atoms with Gasteiger partial charge in [0.05, 0.1) is 6.20 Å². The van der Waals surface area contributed by atoms with Crippen molar-refractivity contribution in [3.63, 3.8) is 0 Å². The summed E-state index contributed by atoms with van der Waals surface area (Å²) in [7, 11) is 2.03. The maximum Gasteiger partial charge on any atom is 0.143 e. The number of hydrogen-bond donors (Lipinski definition) is 0. The summed E-state index contributed by atoms with van der Waals surface area (Å²) in [6, 6.07) is 10.3. The van der Waals surface area contributed by atoms with Crippen molar-refractivity contribution in [2.24, 2.45) is 7.05 Å². The summed E-state index contributed by atoms with van der Waals surface area (Å²) in [5.74, 6) is 0. The van der Waals surface area contributed by atoms with Crippen LogP contribution in [0, 0.1) is 0 Å². The summed E-state index contributed by atoms with van der Waals surface area (Å²) in [5.41, 5.74) is 3.50. The zero-order valence-corrected chi connectivity index (χ0v) is 8.46. The molecule has 0 amide bonds. The van der Waals surface area contributed by atoms with E-state index in [9.17, 15) is 0 Å². The Kier molecular flexibility index (Phi) is 1.65. The van der Waals surface area contributed by atoms with Crippen LogP contribution < -0.4 is 0 Å². The Morgan fingerprint density at radius 1 is 1.07 bits per heavy atom. The molecule has 0 unspecified atom stereocenters. The third-order valence-electron chi connectivity index (χ3n) is 2.62. The molecule has 3 aromatic rings. The molecular weight excluding hydrogens is 186 g/mol. The van der Waals surface area contributed by atoms with Gasteiger partial charge in [0, 0.05) is 25.0 Å². The minimum atomic E-state index is 1.13. The first-order valence-electron chi connectivity index (χ1n) is 4.90. The van der Waals surface area contributed by atoms with Crippen molar-refractivity contribution in [1.82, 2.24) is 14.2 Å². The minimum absolute atomic E-state index is 1.13. The molecule has 0 N–H and O–H groups in total. The molecule has 0 saturated carbocycles. The Hall–Kier alpha value is -2.03. The second kappa shape index (κ2) is 2.98. The van der Waals surface area contributed by atoms with E-state index in [2.05, 4.69) is 21.8 Å². The van der Waals surface area contributed by atoms with E-state index in [-0.39, 0.29) is 0 Å². The number of hydrogen-bond acceptors (Lipinski definition) is 1. The van der Waals surface area contributed by atoms with Gasteiger partial charge in [-0.3, -0.25) is 0 Å². The van der Waals surface area contributed by atoms with E-state index in [0.29, 0.717) is 0 Å². The molecule has 0 aliphatic carbocycles. The van der Waals surface area contributed by atoms with Gasteiger partial charge in [0.25, 0.3) is 0 Å². The van der Waals surface area contributed by atoms with Gasteiger partial charge in [0.1, 0.15) is 5.65 Å². The van der Waals surface area contributed by atoms with Gasteiger partial charge in [0.15, 0.2) is 0 Å². The first-order valence-corrected chi connectivity index (χ1v) is 4.90. The number of aromatic nitrogens is 3. The number of aryl methyl sites for hydroxylation is 1. The largest absolute Gasteiger partial charge is 0.334 e. The first kappa shape index (κ1) is 8.29. The third-order valence-corrected chi connectivity index (χ3v) is 2.62. The van der Waals surface area contributed by atoms with Crippen molar-refractivity contribution in [3.05, 3.63) is 48.9 Å². The van der Waals surface area contributed by atoms with Crippen molar-refractivity contribution in [2.75, 3.05) is 0 Å². The fraction of sp³-hybridized carbons (Fsp3) is 0.0833. The Labute approximate surface area is 87.6 Å². The summed E-state index contributed by atoms with van der Waals surface area (Å²) < 4.78 is 3.97. The van der Waals surface area contributed by atoms with E-state index in [1.165, 1.54) is 11.1 Å². The highest BCUT2D eigenvalue weighted by Gasteiger charge is 2.08. The number of nitrogens with zero attached hydrogens (tertiary/aromatic N) is 3. The molecule has 0 aliphatic heterocycles. The van der Waals surface area contributed by atoms with Crippen LogP contribution in [0.3, 0.4) is 0 Å². The summed E-state index contributed by atoms with van der Waals surface area (Å²) in [6.45, 7) is 0. The summed E-state index contributed by atoms with van der Waals surface area (Å²) in [4.78, 5) is 0. The van der Waals surface area contributed by atoms with E-state index >= 15 is 0 Å². The second-order valence-corrected chi connectivity index (χ2v) is 3.60. The van der Waals surface area contributed by atoms with Gasteiger partial charge in [-0.25, -0.2) is 4.52 Å². The molecule has 0 aliphatic rings. The van der Waals surface area contributed by atoms with Crippen molar-refractivity contribution in [2.45, 2.75) is 0 Å². The van der Waals surface area contributed by atoms with Crippen LogP contribution in [0.5, 0.6) is 0 Å². The van der Waals surface area contributed by atoms with Gasteiger partial charge in [0.2, 0.25) is 0 Å². The van der Waals surface area contributed by atoms with E-state index < -0.39 is 0 Å². The fourth-order valence-corrected chi connectivity index (χ4v) is 1.87. The molecule has 3 nitrogen and oxygen atoms in total. The lowest BCUT2D eigenvalue weighted by molar-refractivity contribution is 0.929. The Morgan fingerprint density at radius 3 is 2.67 bits per heavy atom. The summed E-state index contributed by atoms with van der Waals surface area (Å²) in [5, 5.41) is 4.31. The van der Waals surface area contributed by atoms with Crippen LogP contribution in [-0.2, 0) is 7.05 Å². The number of benzene rings is 1. The molecule has 0 fully saturated rings. The summed E-state index contributed by atoms with van der Waals surface area (Å²) >= 11 is 0. The predicted octanol–water partition coefficient (Wildman–Crippen LogP) is 2.34. The average Bonchev–Trinajstić information content (AvgIpc) is 2.84. The highest BCUT2D eigenvalue weighted by Crippen LogP contribution is 2.23. The smallest absolute Gasteiger partial charge is 0.143 e. The third kappa shape index (κ3) is 1.16. The lowest BCUT2D eigenvalue weighted by Crippen LogP contribution is -1.87. The summed E-state index contributed by atoms with van der Waals surface area (Å²) in [6.07, 6.45) is 5.88. The molecule has 0 saturated heterocycles. The molecule has 2 aromatic heterocycles. The lowest BCUT2D eigenvalue weighted by atomic mass is 10.1. The monoisotopic (exact) mass is 197 g/mol. The second-order valence-electron chi connectivity index (χ2n) is 3.60. The van der Waals surface area contributed by atoms with Gasteiger partial charge in [-0.1, -0.05) is 30.3 Å². The molecule has 2 heterocycles. The zero-order chi connectivity index (χ0) is 10.3. The van der Waals surface area contributed by atoms with Crippen LogP contribution >= 0.6 is 0 Å². The molecule has 0 bridgehead atoms. The Balaban J connectivity index is 2.31. The van der Waals surface area contributed by atoms with Gasteiger partial charge in [-0.15, -0.1) is 0 Å². The van der Waals surface area contributed by atoms with Crippen LogP contribution in [0.15, 0.2) is 48.9 Å². The van der Waals surface area contributed by atoms with E-state index in [1.54, 1.807) is 0 Å². The molecule has 0 radical (unpaired) electrons. The normalized spacial score (nSPS) is 11.0. The fourth-order valence-electron chi connectivity index (χ4n) is 1.87. The molecule has 74 valence electrons. The molecule has 15 heavy (non-hydrogen) atoms. The van der Waals surface area contributed by atoms with Gasteiger partial charge >= 0.3 is 0 Å². The average molecular weight is 197 g/mol. The molecular formula is C12H11N3. The van der Waals surface area contributed by atoms with E-state index in [4.69, 9.17) is 0 Å². The van der Waals surface area contributed by atoms with Gasteiger partial charge < -0.3 is 4.57 Å². The van der Waals surface area contributed by atoms with Crippen molar-refractivity contribution < 1.29 is 0 Å². The highest BCUT2D eigenvalue weighted by atomic mass is 15.3. The topological polar surface area (TPSA) is 22.2 Å². The van der Waals surface area contributed by atoms with Crippen LogP contribution in [0.4, 0.5) is 0 Å². The highest BCUT2D eigenvalue weighted by molar-refractivity contribution is 5.77.